The van der Waals surface area contributed by atoms with E-state index in [1.165, 1.54) is 7.11 Å². The summed E-state index contributed by atoms with van der Waals surface area (Å²) >= 11 is 13.7. The Bertz CT molecular complexity index is 740. The van der Waals surface area contributed by atoms with Crippen LogP contribution in [0.15, 0.2) is 36.4 Å². The molecule has 0 fully saturated rings. The average Bonchev–Trinajstić information content (AvgIpc) is 2.62. The van der Waals surface area contributed by atoms with Gasteiger partial charge in [0.05, 0.1) is 14.2 Å². The van der Waals surface area contributed by atoms with Crippen molar-refractivity contribution in [1.29, 1.82) is 0 Å². The molecule has 2 aromatic carbocycles. The van der Waals surface area contributed by atoms with Crippen LogP contribution in [0, 0.1) is 0 Å². The number of carbonyl (C=O) groups is 1. The Morgan fingerprint density at radius 3 is 2.52 bits per heavy atom. The quantitative estimate of drug-likeness (QED) is 0.654. The third-order valence-corrected chi connectivity index (χ3v) is 5.05. The standard InChI is InChI=1S/C18H19Cl2NO3S/c1-23-16-6-4-12(9-17(16)24-2)18(22)21-7-8-25-11-13-3-5-14(19)10-15(13)20/h3-6,9-10H,7-8,11H2,1-2H3,(H,21,22). The van der Waals surface area contributed by atoms with E-state index in [4.69, 9.17) is 32.7 Å². The van der Waals surface area contributed by atoms with Gasteiger partial charge in [0.2, 0.25) is 0 Å². The van der Waals surface area contributed by atoms with Gasteiger partial charge in [-0.2, -0.15) is 11.8 Å². The van der Waals surface area contributed by atoms with Gasteiger partial charge in [-0.3, -0.25) is 4.79 Å². The van der Waals surface area contributed by atoms with Crippen LogP contribution in [0.25, 0.3) is 0 Å². The van der Waals surface area contributed by atoms with Gasteiger partial charge in [0.1, 0.15) is 0 Å². The summed E-state index contributed by atoms with van der Waals surface area (Å²) in [5, 5.41) is 4.17. The monoisotopic (exact) mass is 399 g/mol. The number of nitrogens with one attached hydrogen (secondary N) is 1. The van der Waals surface area contributed by atoms with Crippen LogP contribution < -0.4 is 14.8 Å². The first-order valence-corrected chi connectivity index (χ1v) is 9.48. The lowest BCUT2D eigenvalue weighted by Crippen LogP contribution is -2.25. The summed E-state index contributed by atoms with van der Waals surface area (Å²) in [6, 6.07) is 10.6. The molecular formula is C18H19Cl2NO3S. The number of thioether (sulfide) groups is 1. The molecule has 0 aliphatic heterocycles. The minimum absolute atomic E-state index is 0.147. The summed E-state index contributed by atoms with van der Waals surface area (Å²) in [4.78, 5) is 12.2. The molecule has 0 aromatic heterocycles. The van der Waals surface area contributed by atoms with E-state index in [0.717, 1.165) is 17.1 Å². The highest BCUT2D eigenvalue weighted by Crippen LogP contribution is 2.27. The first kappa shape index (κ1) is 19.8. The highest BCUT2D eigenvalue weighted by molar-refractivity contribution is 7.98. The van der Waals surface area contributed by atoms with Crippen LogP contribution in [0.3, 0.4) is 0 Å². The molecule has 0 atom stereocenters. The van der Waals surface area contributed by atoms with Crippen LogP contribution in [0.2, 0.25) is 10.0 Å². The third-order valence-electron chi connectivity index (χ3n) is 3.45. The molecular weight excluding hydrogens is 381 g/mol. The van der Waals surface area contributed by atoms with Crippen molar-refractivity contribution in [3.05, 3.63) is 57.6 Å². The number of halogens is 2. The van der Waals surface area contributed by atoms with Gasteiger partial charge in [-0.25, -0.2) is 0 Å². The maximum atomic E-state index is 12.2. The summed E-state index contributed by atoms with van der Waals surface area (Å²) in [6.07, 6.45) is 0. The molecule has 0 unspecified atom stereocenters. The molecule has 25 heavy (non-hydrogen) atoms. The third kappa shape index (κ3) is 5.73. The van der Waals surface area contributed by atoms with Crippen LogP contribution >= 0.6 is 35.0 Å². The molecule has 4 nitrogen and oxygen atoms in total. The van der Waals surface area contributed by atoms with Crippen molar-refractivity contribution in [1.82, 2.24) is 5.32 Å². The topological polar surface area (TPSA) is 47.6 Å². The van der Waals surface area contributed by atoms with Crippen molar-refractivity contribution in [2.24, 2.45) is 0 Å². The molecule has 0 aliphatic carbocycles. The summed E-state index contributed by atoms with van der Waals surface area (Å²) in [5.41, 5.74) is 1.56. The molecule has 0 saturated carbocycles. The maximum absolute atomic E-state index is 12.2. The number of hydrogen-bond donors (Lipinski definition) is 1. The molecule has 7 heteroatoms. The number of amides is 1. The molecule has 0 aliphatic rings. The molecule has 0 spiro atoms. The predicted molar refractivity (Wildman–Crippen MR) is 105 cm³/mol. The summed E-state index contributed by atoms with van der Waals surface area (Å²) < 4.78 is 10.4. The van der Waals surface area contributed by atoms with Crippen LogP contribution in [0.4, 0.5) is 0 Å². The van der Waals surface area contributed by atoms with Crippen LogP contribution in [-0.4, -0.2) is 32.4 Å². The van der Waals surface area contributed by atoms with Crippen molar-refractivity contribution in [2.75, 3.05) is 26.5 Å². The lowest BCUT2D eigenvalue weighted by Gasteiger charge is -2.10. The van der Waals surface area contributed by atoms with E-state index in [1.807, 2.05) is 12.1 Å². The first-order valence-electron chi connectivity index (χ1n) is 7.57. The van der Waals surface area contributed by atoms with Crippen molar-refractivity contribution >= 4 is 40.9 Å². The maximum Gasteiger partial charge on any atom is 0.251 e. The molecule has 0 saturated heterocycles. The van der Waals surface area contributed by atoms with Gasteiger partial charge in [-0.1, -0.05) is 29.3 Å². The van der Waals surface area contributed by atoms with E-state index < -0.39 is 0 Å². The first-order chi connectivity index (χ1) is 12.0. The molecule has 0 heterocycles. The van der Waals surface area contributed by atoms with Crippen LogP contribution in [0.5, 0.6) is 11.5 Å². The zero-order valence-corrected chi connectivity index (χ0v) is 16.3. The predicted octanol–water partition coefficient (Wildman–Crippen LogP) is 4.67. The fourth-order valence-corrected chi connectivity index (χ4v) is 3.55. The molecule has 134 valence electrons. The van der Waals surface area contributed by atoms with Gasteiger partial charge in [-0.05, 0) is 35.9 Å². The zero-order chi connectivity index (χ0) is 18.2. The highest BCUT2D eigenvalue weighted by Gasteiger charge is 2.10. The van der Waals surface area contributed by atoms with Crippen molar-refractivity contribution < 1.29 is 14.3 Å². The molecule has 2 rings (SSSR count). The van der Waals surface area contributed by atoms with Gasteiger partial charge in [-0.15, -0.1) is 0 Å². The number of hydrogen-bond acceptors (Lipinski definition) is 4. The van der Waals surface area contributed by atoms with E-state index in [0.29, 0.717) is 33.7 Å². The lowest BCUT2D eigenvalue weighted by molar-refractivity contribution is 0.0956. The average molecular weight is 400 g/mol. The van der Waals surface area contributed by atoms with E-state index in [2.05, 4.69) is 5.32 Å². The van der Waals surface area contributed by atoms with Crippen LogP contribution in [0.1, 0.15) is 15.9 Å². The molecule has 0 bridgehead atoms. The highest BCUT2D eigenvalue weighted by atomic mass is 35.5. The summed E-state index contributed by atoms with van der Waals surface area (Å²) in [6.45, 7) is 0.559. The second-order valence-corrected chi connectivity index (χ2v) is 7.06. The van der Waals surface area contributed by atoms with Crippen molar-refractivity contribution in [3.63, 3.8) is 0 Å². The molecule has 1 amide bonds. The minimum atomic E-state index is -0.147. The van der Waals surface area contributed by atoms with Gasteiger partial charge in [0.25, 0.3) is 5.91 Å². The Balaban J connectivity index is 1.78. The molecule has 0 radical (unpaired) electrons. The smallest absolute Gasteiger partial charge is 0.251 e. The van der Waals surface area contributed by atoms with Gasteiger partial charge in [0.15, 0.2) is 11.5 Å². The van der Waals surface area contributed by atoms with Gasteiger partial charge >= 0.3 is 0 Å². The number of methoxy groups -OCH3 is 2. The van der Waals surface area contributed by atoms with Gasteiger partial charge < -0.3 is 14.8 Å². The van der Waals surface area contributed by atoms with Crippen LogP contribution in [-0.2, 0) is 5.75 Å². The number of carbonyl (C=O) groups excluding carboxylic acids is 1. The van der Waals surface area contributed by atoms with E-state index in [-0.39, 0.29) is 5.91 Å². The molecule has 2 aromatic rings. The molecule has 1 N–H and O–H groups in total. The SMILES string of the molecule is COc1ccc(C(=O)NCCSCc2ccc(Cl)cc2Cl)cc1OC. The largest absolute Gasteiger partial charge is 0.493 e. The lowest BCUT2D eigenvalue weighted by atomic mass is 10.2. The van der Waals surface area contributed by atoms with Crippen molar-refractivity contribution in [3.8, 4) is 11.5 Å². The Morgan fingerprint density at radius 2 is 1.84 bits per heavy atom. The fraction of sp³-hybridized carbons (Fsp3) is 0.278. The van der Waals surface area contributed by atoms with Crippen molar-refractivity contribution in [2.45, 2.75) is 5.75 Å². The van der Waals surface area contributed by atoms with Gasteiger partial charge in [0, 0.05) is 33.7 Å². The summed E-state index contributed by atoms with van der Waals surface area (Å²) in [7, 11) is 3.10. The Morgan fingerprint density at radius 1 is 1.08 bits per heavy atom. The fourth-order valence-electron chi connectivity index (χ4n) is 2.14. The van der Waals surface area contributed by atoms with E-state index >= 15 is 0 Å². The Labute approximate surface area is 161 Å². The number of rotatable bonds is 8. The minimum Gasteiger partial charge on any atom is -0.493 e. The number of benzene rings is 2. The second-order valence-electron chi connectivity index (χ2n) is 5.11. The Kier molecular flexibility index (Phi) is 7.75. The van der Waals surface area contributed by atoms with E-state index in [1.54, 1.807) is 43.1 Å². The second kappa shape index (κ2) is 9.80. The zero-order valence-electron chi connectivity index (χ0n) is 14.0. The Hall–Kier alpha value is -1.56. The summed E-state index contributed by atoms with van der Waals surface area (Å²) in [5.74, 6) is 2.52. The normalized spacial score (nSPS) is 10.4. The van der Waals surface area contributed by atoms with E-state index in [9.17, 15) is 4.79 Å². The number of ether oxygens (including phenoxy) is 2.